The Balaban J connectivity index is 1.54. The minimum Gasteiger partial charge on any atom is -0.376 e. The van der Waals surface area contributed by atoms with Crippen molar-refractivity contribution >= 4 is 38.3 Å². The van der Waals surface area contributed by atoms with Gasteiger partial charge in [0.1, 0.15) is 0 Å². The second-order valence-corrected chi connectivity index (χ2v) is 7.41. The first-order chi connectivity index (χ1) is 12.7. The van der Waals surface area contributed by atoms with Crippen LogP contribution in [0.2, 0.25) is 0 Å². The van der Waals surface area contributed by atoms with E-state index in [2.05, 4.69) is 53.7 Å². The smallest absolute Gasteiger partial charge is 0.245 e. The first-order valence-corrected chi connectivity index (χ1v) is 10.0. The molecule has 0 unspecified atom stereocenters. The van der Waals surface area contributed by atoms with E-state index in [1.54, 1.807) is 0 Å². The molecule has 0 saturated heterocycles. The number of fused-ring (bicyclic) bond motifs is 1. The molecule has 2 N–H and O–H groups in total. The van der Waals surface area contributed by atoms with Crippen molar-refractivity contribution < 1.29 is 4.79 Å². The summed E-state index contributed by atoms with van der Waals surface area (Å²) in [5.74, 6) is -0.0881. The summed E-state index contributed by atoms with van der Waals surface area (Å²) < 4.78 is 1.11. The minimum atomic E-state index is -0.0881. The quantitative estimate of drug-likeness (QED) is 0.571. The van der Waals surface area contributed by atoms with Crippen molar-refractivity contribution in [3.63, 3.8) is 0 Å². The summed E-state index contributed by atoms with van der Waals surface area (Å²) in [5, 5.41) is 6.70. The maximum atomic E-state index is 12.2. The third-order valence-corrected chi connectivity index (χ3v) is 5.27. The lowest BCUT2D eigenvalue weighted by Crippen LogP contribution is -2.21. The van der Waals surface area contributed by atoms with Gasteiger partial charge in [-0.1, -0.05) is 49.8 Å². The number of aryl methyl sites for hydroxylation is 2. The number of unbranched alkanes of at least 4 members (excludes halogenated alkanes) is 1. The highest BCUT2D eigenvalue weighted by atomic mass is 32.1. The molecule has 0 radical (unpaired) electrons. The Bertz CT molecular complexity index is 871. The molecule has 0 aliphatic heterocycles. The molecule has 26 heavy (non-hydrogen) atoms. The van der Waals surface area contributed by atoms with Gasteiger partial charge < -0.3 is 10.6 Å². The monoisotopic (exact) mass is 367 g/mol. The molecule has 4 nitrogen and oxygen atoms in total. The first-order valence-electron chi connectivity index (χ1n) is 9.20. The van der Waals surface area contributed by atoms with Crippen LogP contribution in [-0.2, 0) is 17.6 Å². The van der Waals surface area contributed by atoms with Gasteiger partial charge in [-0.2, -0.15) is 0 Å². The molecule has 0 bridgehead atoms. The molecule has 0 spiro atoms. The number of anilines is 2. The Kier molecular flexibility index (Phi) is 6.23. The second-order valence-electron chi connectivity index (χ2n) is 6.38. The summed E-state index contributed by atoms with van der Waals surface area (Å²) in [4.78, 5) is 16.7. The van der Waals surface area contributed by atoms with Crippen molar-refractivity contribution in [3.05, 3.63) is 53.6 Å². The van der Waals surface area contributed by atoms with Crippen LogP contribution in [0.1, 0.15) is 37.8 Å². The summed E-state index contributed by atoms with van der Waals surface area (Å²) >= 11 is 1.52. The number of rotatable bonds is 8. The van der Waals surface area contributed by atoms with E-state index in [1.165, 1.54) is 35.3 Å². The lowest BCUT2D eigenvalue weighted by atomic mass is 10.1. The van der Waals surface area contributed by atoms with Crippen LogP contribution in [0.5, 0.6) is 0 Å². The molecule has 136 valence electrons. The lowest BCUT2D eigenvalue weighted by Gasteiger charge is -2.07. The van der Waals surface area contributed by atoms with Gasteiger partial charge in [-0.15, -0.1) is 0 Å². The van der Waals surface area contributed by atoms with Crippen LogP contribution in [0.3, 0.4) is 0 Å². The van der Waals surface area contributed by atoms with E-state index in [1.807, 2.05) is 18.2 Å². The normalized spacial score (nSPS) is 10.8. The molecule has 5 heteroatoms. The summed E-state index contributed by atoms with van der Waals surface area (Å²) in [6, 6.07) is 14.5. The van der Waals surface area contributed by atoms with Gasteiger partial charge in [0.05, 0.1) is 16.8 Å². The van der Waals surface area contributed by atoms with E-state index in [0.717, 1.165) is 28.7 Å². The number of hydrogen-bond acceptors (Lipinski definition) is 4. The lowest BCUT2D eigenvalue weighted by molar-refractivity contribution is -0.114. The predicted octanol–water partition coefficient (Wildman–Crippen LogP) is 5.25. The van der Waals surface area contributed by atoms with Gasteiger partial charge in [0.15, 0.2) is 5.13 Å². The zero-order chi connectivity index (χ0) is 18.4. The molecule has 1 heterocycles. The Morgan fingerprint density at radius 2 is 1.85 bits per heavy atom. The standard InChI is InChI=1S/C21H25N3OS/c1-3-5-6-16-7-10-17(11-8-16)22-14-20(25)24-21-23-18-12-9-15(4-2)13-19(18)26-21/h7-13,22H,3-6,14H2,1-2H3,(H,23,24,25). The Morgan fingerprint density at radius 1 is 1.08 bits per heavy atom. The van der Waals surface area contributed by atoms with E-state index in [4.69, 9.17) is 0 Å². The maximum absolute atomic E-state index is 12.2. The molecule has 3 aromatic rings. The van der Waals surface area contributed by atoms with E-state index < -0.39 is 0 Å². The van der Waals surface area contributed by atoms with E-state index in [0.29, 0.717) is 5.13 Å². The van der Waals surface area contributed by atoms with Crippen molar-refractivity contribution in [2.45, 2.75) is 39.5 Å². The van der Waals surface area contributed by atoms with Gasteiger partial charge in [-0.25, -0.2) is 4.98 Å². The van der Waals surface area contributed by atoms with Gasteiger partial charge in [0, 0.05) is 5.69 Å². The average Bonchev–Trinajstić information content (AvgIpc) is 3.06. The van der Waals surface area contributed by atoms with Crippen LogP contribution in [0.25, 0.3) is 10.2 Å². The van der Waals surface area contributed by atoms with Crippen LogP contribution in [0.15, 0.2) is 42.5 Å². The molecular weight excluding hydrogens is 342 g/mol. The van der Waals surface area contributed by atoms with E-state index in [9.17, 15) is 4.79 Å². The van der Waals surface area contributed by atoms with Crippen molar-refractivity contribution in [1.29, 1.82) is 0 Å². The van der Waals surface area contributed by atoms with Crippen LogP contribution < -0.4 is 10.6 Å². The molecule has 2 aromatic carbocycles. The maximum Gasteiger partial charge on any atom is 0.245 e. The summed E-state index contributed by atoms with van der Waals surface area (Å²) in [6.07, 6.45) is 4.51. The van der Waals surface area contributed by atoms with Crippen LogP contribution >= 0.6 is 11.3 Å². The molecule has 1 amide bonds. The number of carbonyl (C=O) groups is 1. The largest absolute Gasteiger partial charge is 0.376 e. The molecule has 1 aromatic heterocycles. The van der Waals surface area contributed by atoms with E-state index in [-0.39, 0.29) is 12.5 Å². The molecule has 0 aliphatic rings. The Morgan fingerprint density at radius 3 is 2.58 bits per heavy atom. The van der Waals surface area contributed by atoms with Crippen molar-refractivity contribution in [1.82, 2.24) is 4.98 Å². The topological polar surface area (TPSA) is 54.0 Å². The van der Waals surface area contributed by atoms with Gasteiger partial charge in [-0.05, 0) is 54.7 Å². The molecule has 0 saturated carbocycles. The number of amides is 1. The Hall–Kier alpha value is -2.40. The number of hydrogen-bond donors (Lipinski definition) is 2. The second kappa shape index (κ2) is 8.81. The number of benzene rings is 2. The number of aromatic nitrogens is 1. The highest BCUT2D eigenvalue weighted by Gasteiger charge is 2.08. The van der Waals surface area contributed by atoms with Gasteiger partial charge in [0.25, 0.3) is 0 Å². The van der Waals surface area contributed by atoms with Crippen LogP contribution in [0, 0.1) is 0 Å². The SMILES string of the molecule is CCCCc1ccc(NCC(=O)Nc2nc3ccc(CC)cc3s2)cc1. The summed E-state index contributed by atoms with van der Waals surface area (Å²) in [6.45, 7) is 4.56. The van der Waals surface area contributed by atoms with Crippen molar-refractivity contribution in [3.8, 4) is 0 Å². The Labute approximate surface area is 158 Å². The van der Waals surface area contributed by atoms with Gasteiger partial charge in [-0.3, -0.25) is 4.79 Å². The van der Waals surface area contributed by atoms with Crippen LogP contribution in [-0.4, -0.2) is 17.4 Å². The highest BCUT2D eigenvalue weighted by molar-refractivity contribution is 7.22. The van der Waals surface area contributed by atoms with Gasteiger partial charge >= 0.3 is 0 Å². The minimum absolute atomic E-state index is 0.0881. The molecular formula is C21H25N3OS. The fraction of sp³-hybridized carbons (Fsp3) is 0.333. The zero-order valence-electron chi connectivity index (χ0n) is 15.3. The molecule has 0 atom stereocenters. The predicted molar refractivity (Wildman–Crippen MR) is 111 cm³/mol. The summed E-state index contributed by atoms with van der Waals surface area (Å²) in [5.41, 5.74) is 4.50. The summed E-state index contributed by atoms with van der Waals surface area (Å²) in [7, 11) is 0. The van der Waals surface area contributed by atoms with Crippen molar-refractivity contribution in [2.24, 2.45) is 0 Å². The van der Waals surface area contributed by atoms with Crippen molar-refractivity contribution in [2.75, 3.05) is 17.2 Å². The number of thiazole rings is 1. The fourth-order valence-electron chi connectivity index (χ4n) is 2.76. The average molecular weight is 368 g/mol. The van der Waals surface area contributed by atoms with E-state index >= 15 is 0 Å². The van der Waals surface area contributed by atoms with Crippen LogP contribution in [0.4, 0.5) is 10.8 Å². The first kappa shape index (κ1) is 18.4. The number of carbonyl (C=O) groups excluding carboxylic acids is 1. The third kappa shape index (κ3) is 4.82. The zero-order valence-corrected chi connectivity index (χ0v) is 16.2. The van der Waals surface area contributed by atoms with Gasteiger partial charge in [0.2, 0.25) is 5.91 Å². The number of nitrogens with zero attached hydrogens (tertiary/aromatic N) is 1. The fourth-order valence-corrected chi connectivity index (χ4v) is 3.70. The molecule has 0 aliphatic carbocycles. The molecule has 0 fully saturated rings. The molecule has 3 rings (SSSR count). The highest BCUT2D eigenvalue weighted by Crippen LogP contribution is 2.27. The number of nitrogens with one attached hydrogen (secondary N) is 2. The third-order valence-electron chi connectivity index (χ3n) is 4.33.